The minimum atomic E-state index is -0.727. The lowest BCUT2D eigenvalue weighted by atomic mass is 10.1. The van der Waals surface area contributed by atoms with E-state index < -0.39 is 12.2 Å². The molecule has 0 amide bonds. The first-order valence-electron chi connectivity index (χ1n) is 6.02. The molecule has 0 saturated heterocycles. The van der Waals surface area contributed by atoms with Crippen LogP contribution in [0.5, 0.6) is 0 Å². The molecule has 0 bridgehead atoms. The number of hydrogen-bond donors (Lipinski definition) is 2. The molecule has 2 N–H and O–H groups in total. The van der Waals surface area contributed by atoms with Crippen molar-refractivity contribution >= 4 is 0 Å². The minimum absolute atomic E-state index is 0.161. The summed E-state index contributed by atoms with van der Waals surface area (Å²) in [6, 6.07) is 0. The van der Waals surface area contributed by atoms with Crippen molar-refractivity contribution < 1.29 is 19.7 Å². The molecule has 4 nitrogen and oxygen atoms in total. The molecule has 16 heavy (non-hydrogen) atoms. The molecule has 0 rings (SSSR count). The summed E-state index contributed by atoms with van der Waals surface area (Å²) in [5.41, 5.74) is 0. The van der Waals surface area contributed by atoms with Gasteiger partial charge in [0.25, 0.3) is 0 Å². The summed E-state index contributed by atoms with van der Waals surface area (Å²) in [5, 5.41) is 19.2. The highest BCUT2D eigenvalue weighted by Crippen LogP contribution is 2.05. The van der Waals surface area contributed by atoms with Gasteiger partial charge in [0.05, 0.1) is 24.4 Å². The zero-order valence-electron chi connectivity index (χ0n) is 10.8. The van der Waals surface area contributed by atoms with Gasteiger partial charge in [-0.25, -0.2) is 0 Å². The van der Waals surface area contributed by atoms with Crippen LogP contribution in [0.1, 0.15) is 40.5 Å². The maximum Gasteiger partial charge on any atom is 0.0821 e. The van der Waals surface area contributed by atoms with Crippen LogP contribution >= 0.6 is 0 Å². The molecule has 0 unspecified atom stereocenters. The molecular weight excluding hydrogens is 208 g/mol. The highest BCUT2D eigenvalue weighted by Gasteiger charge is 2.16. The number of ether oxygens (including phenoxy) is 2. The first kappa shape index (κ1) is 15.8. The molecule has 0 radical (unpaired) electrons. The summed E-state index contributed by atoms with van der Waals surface area (Å²) < 4.78 is 10.6. The Morgan fingerprint density at radius 2 is 1.06 bits per heavy atom. The average molecular weight is 234 g/mol. The van der Waals surface area contributed by atoms with Crippen molar-refractivity contribution in [3.63, 3.8) is 0 Å². The van der Waals surface area contributed by atoms with Crippen molar-refractivity contribution in [2.24, 2.45) is 0 Å². The molecule has 0 aliphatic carbocycles. The highest BCUT2D eigenvalue weighted by atomic mass is 16.5. The molecule has 0 aromatic rings. The zero-order valence-corrected chi connectivity index (χ0v) is 10.8. The Hall–Kier alpha value is -0.160. The summed E-state index contributed by atoms with van der Waals surface area (Å²) >= 11 is 0. The van der Waals surface area contributed by atoms with Gasteiger partial charge in [0.1, 0.15) is 0 Å². The highest BCUT2D eigenvalue weighted by molar-refractivity contribution is 4.67. The smallest absolute Gasteiger partial charge is 0.0821 e. The van der Waals surface area contributed by atoms with Crippen LogP contribution in [-0.4, -0.2) is 47.8 Å². The summed E-state index contributed by atoms with van der Waals surface area (Å²) in [6.45, 7) is 8.72. The molecule has 4 heteroatoms. The summed E-state index contributed by atoms with van der Waals surface area (Å²) in [4.78, 5) is 0. The van der Waals surface area contributed by atoms with Crippen LogP contribution in [0, 0.1) is 0 Å². The van der Waals surface area contributed by atoms with Crippen LogP contribution in [-0.2, 0) is 9.47 Å². The van der Waals surface area contributed by atoms with E-state index in [4.69, 9.17) is 9.47 Å². The fraction of sp³-hybridized carbons (Fsp3) is 1.00. The molecule has 0 aliphatic rings. The lowest BCUT2D eigenvalue weighted by Crippen LogP contribution is -2.29. The fourth-order valence-corrected chi connectivity index (χ4v) is 1.23. The molecule has 0 fully saturated rings. The Bertz CT molecular complexity index is 141. The van der Waals surface area contributed by atoms with E-state index in [0.29, 0.717) is 26.1 Å². The third kappa shape index (κ3) is 9.09. The molecular formula is C12H26O4. The van der Waals surface area contributed by atoms with Gasteiger partial charge in [-0.3, -0.25) is 0 Å². The second-order valence-corrected chi connectivity index (χ2v) is 4.55. The van der Waals surface area contributed by atoms with Crippen LogP contribution < -0.4 is 0 Å². The standard InChI is InChI=1S/C12H26O4/c1-9(2)15-7-5-11(13)12(14)6-8-16-10(3)4/h9-14H,5-8H2,1-4H3/t11-,12+. The van der Waals surface area contributed by atoms with E-state index in [1.165, 1.54) is 0 Å². The van der Waals surface area contributed by atoms with Gasteiger partial charge in [-0.15, -0.1) is 0 Å². The molecule has 0 heterocycles. The van der Waals surface area contributed by atoms with Crippen LogP contribution in [0.2, 0.25) is 0 Å². The predicted molar refractivity (Wildman–Crippen MR) is 63.4 cm³/mol. The Balaban J connectivity index is 3.52. The van der Waals surface area contributed by atoms with E-state index in [2.05, 4.69) is 0 Å². The topological polar surface area (TPSA) is 58.9 Å². The Morgan fingerprint density at radius 3 is 1.31 bits per heavy atom. The lowest BCUT2D eigenvalue weighted by molar-refractivity contribution is -0.0329. The van der Waals surface area contributed by atoms with Gasteiger partial charge >= 0.3 is 0 Å². The lowest BCUT2D eigenvalue weighted by Gasteiger charge is -2.19. The number of rotatable bonds is 9. The monoisotopic (exact) mass is 234 g/mol. The average Bonchev–Trinajstić information content (AvgIpc) is 2.16. The number of hydrogen-bond acceptors (Lipinski definition) is 4. The normalized spacial score (nSPS) is 15.8. The Kier molecular flexibility index (Phi) is 8.84. The van der Waals surface area contributed by atoms with Crippen molar-refractivity contribution in [2.45, 2.75) is 65.0 Å². The first-order valence-corrected chi connectivity index (χ1v) is 6.02. The fourth-order valence-electron chi connectivity index (χ4n) is 1.23. The quantitative estimate of drug-likeness (QED) is 0.632. The summed E-state index contributed by atoms with van der Waals surface area (Å²) in [6.07, 6.45) is -0.214. The number of aliphatic hydroxyl groups is 2. The van der Waals surface area contributed by atoms with Crippen LogP contribution in [0.4, 0.5) is 0 Å². The van der Waals surface area contributed by atoms with E-state index in [9.17, 15) is 10.2 Å². The summed E-state index contributed by atoms with van der Waals surface area (Å²) in [7, 11) is 0. The third-order valence-electron chi connectivity index (χ3n) is 2.17. The SMILES string of the molecule is CC(C)OCC[C@@H](O)[C@@H](O)CCOC(C)C. The van der Waals surface area contributed by atoms with Crippen molar-refractivity contribution in [1.29, 1.82) is 0 Å². The van der Waals surface area contributed by atoms with Gasteiger partial charge in [0, 0.05) is 13.2 Å². The van der Waals surface area contributed by atoms with Crippen molar-refractivity contribution in [3.05, 3.63) is 0 Å². The van der Waals surface area contributed by atoms with Crippen LogP contribution in [0.15, 0.2) is 0 Å². The molecule has 0 aliphatic heterocycles. The third-order valence-corrected chi connectivity index (χ3v) is 2.17. The van der Waals surface area contributed by atoms with E-state index in [0.717, 1.165) is 0 Å². The Labute approximate surface area is 98.6 Å². The van der Waals surface area contributed by atoms with Crippen molar-refractivity contribution in [1.82, 2.24) is 0 Å². The molecule has 0 aromatic carbocycles. The van der Waals surface area contributed by atoms with E-state index in [1.54, 1.807) is 0 Å². The molecule has 0 saturated carbocycles. The zero-order chi connectivity index (χ0) is 12.6. The largest absolute Gasteiger partial charge is 0.390 e. The van der Waals surface area contributed by atoms with Gasteiger partial charge in [-0.1, -0.05) is 0 Å². The van der Waals surface area contributed by atoms with E-state index >= 15 is 0 Å². The van der Waals surface area contributed by atoms with Crippen LogP contribution in [0.25, 0.3) is 0 Å². The molecule has 98 valence electrons. The van der Waals surface area contributed by atoms with Crippen LogP contribution in [0.3, 0.4) is 0 Å². The predicted octanol–water partition coefficient (Wildman–Crippen LogP) is 1.34. The van der Waals surface area contributed by atoms with Gasteiger partial charge in [0.2, 0.25) is 0 Å². The van der Waals surface area contributed by atoms with Gasteiger partial charge in [-0.05, 0) is 40.5 Å². The van der Waals surface area contributed by atoms with E-state index in [-0.39, 0.29) is 12.2 Å². The second-order valence-electron chi connectivity index (χ2n) is 4.55. The molecule has 0 aromatic heterocycles. The van der Waals surface area contributed by atoms with Gasteiger partial charge < -0.3 is 19.7 Å². The van der Waals surface area contributed by atoms with Gasteiger partial charge in [0.15, 0.2) is 0 Å². The first-order chi connectivity index (χ1) is 7.43. The maximum atomic E-state index is 9.61. The molecule has 0 spiro atoms. The summed E-state index contributed by atoms with van der Waals surface area (Å²) in [5.74, 6) is 0. The maximum absolute atomic E-state index is 9.61. The van der Waals surface area contributed by atoms with Crippen molar-refractivity contribution in [3.8, 4) is 0 Å². The number of aliphatic hydroxyl groups excluding tert-OH is 2. The second kappa shape index (κ2) is 8.93. The van der Waals surface area contributed by atoms with Gasteiger partial charge in [-0.2, -0.15) is 0 Å². The Morgan fingerprint density at radius 1 is 0.750 bits per heavy atom. The molecule has 2 atom stereocenters. The van der Waals surface area contributed by atoms with E-state index in [1.807, 2.05) is 27.7 Å². The van der Waals surface area contributed by atoms with Crippen molar-refractivity contribution in [2.75, 3.05) is 13.2 Å². The minimum Gasteiger partial charge on any atom is -0.390 e.